The minimum Gasteiger partial charge on any atom is -0.489 e. The van der Waals surface area contributed by atoms with E-state index in [9.17, 15) is 0 Å². The Morgan fingerprint density at radius 3 is 2.75 bits per heavy atom. The molecule has 0 aliphatic carbocycles. The molecular formula is C12H9Cl2NO. The molecule has 2 rings (SSSR count). The van der Waals surface area contributed by atoms with Crippen LogP contribution in [0, 0.1) is 0 Å². The third-order valence-corrected chi connectivity index (χ3v) is 2.43. The molecule has 0 fully saturated rings. The topological polar surface area (TPSA) is 22.1 Å². The predicted octanol–water partition coefficient (Wildman–Crippen LogP) is 3.97. The van der Waals surface area contributed by atoms with Crippen LogP contribution in [-0.2, 0) is 6.61 Å². The predicted molar refractivity (Wildman–Crippen MR) is 65.0 cm³/mol. The normalized spacial score (nSPS) is 10.1. The van der Waals surface area contributed by atoms with Crippen LogP contribution in [0.2, 0.25) is 10.2 Å². The van der Waals surface area contributed by atoms with Crippen LogP contribution in [0.4, 0.5) is 0 Å². The van der Waals surface area contributed by atoms with Gasteiger partial charge in [-0.05, 0) is 23.8 Å². The largest absolute Gasteiger partial charge is 0.489 e. The summed E-state index contributed by atoms with van der Waals surface area (Å²) in [6.45, 7) is 0.459. The molecule has 0 spiro atoms. The van der Waals surface area contributed by atoms with Crippen molar-refractivity contribution in [1.82, 2.24) is 4.98 Å². The van der Waals surface area contributed by atoms with E-state index >= 15 is 0 Å². The molecule has 0 aliphatic rings. The van der Waals surface area contributed by atoms with Gasteiger partial charge in [0.1, 0.15) is 17.5 Å². The van der Waals surface area contributed by atoms with Crippen LogP contribution in [-0.4, -0.2) is 4.98 Å². The van der Waals surface area contributed by atoms with Crippen LogP contribution in [0.3, 0.4) is 0 Å². The molecule has 0 amide bonds. The van der Waals surface area contributed by atoms with Gasteiger partial charge in [0.25, 0.3) is 0 Å². The van der Waals surface area contributed by atoms with Crippen molar-refractivity contribution in [3.8, 4) is 5.75 Å². The molecule has 0 atom stereocenters. The second-order valence-corrected chi connectivity index (χ2v) is 4.06. The van der Waals surface area contributed by atoms with Crippen molar-refractivity contribution in [2.75, 3.05) is 0 Å². The Bertz CT molecular complexity index is 442. The van der Waals surface area contributed by atoms with E-state index in [1.165, 1.54) is 0 Å². The van der Waals surface area contributed by atoms with Crippen molar-refractivity contribution in [3.63, 3.8) is 0 Å². The number of hydrogen-bond acceptors (Lipinski definition) is 2. The van der Waals surface area contributed by atoms with Crippen LogP contribution in [0.15, 0.2) is 42.6 Å². The number of nitrogens with zero attached hydrogens (tertiary/aromatic N) is 1. The smallest absolute Gasteiger partial charge is 0.132 e. The van der Waals surface area contributed by atoms with E-state index in [0.717, 1.165) is 5.56 Å². The Kier molecular flexibility index (Phi) is 3.65. The second-order valence-electron chi connectivity index (χ2n) is 3.23. The summed E-state index contributed by atoms with van der Waals surface area (Å²) in [5, 5.41) is 1.12. The zero-order chi connectivity index (χ0) is 11.4. The molecule has 0 saturated heterocycles. The number of aromatic nitrogens is 1. The molecule has 1 aromatic heterocycles. The van der Waals surface area contributed by atoms with Crippen LogP contribution in [0.5, 0.6) is 5.75 Å². The van der Waals surface area contributed by atoms with Gasteiger partial charge in [-0.25, -0.2) is 4.98 Å². The van der Waals surface area contributed by atoms with E-state index in [-0.39, 0.29) is 0 Å². The number of halogens is 2. The summed E-state index contributed by atoms with van der Waals surface area (Å²) in [7, 11) is 0. The Hall–Kier alpha value is -1.25. The van der Waals surface area contributed by atoms with Gasteiger partial charge in [0, 0.05) is 17.3 Å². The lowest BCUT2D eigenvalue weighted by Gasteiger charge is -2.06. The highest BCUT2D eigenvalue weighted by Crippen LogP contribution is 2.17. The molecule has 2 aromatic rings. The highest BCUT2D eigenvalue weighted by molar-refractivity contribution is 6.30. The molecule has 0 saturated carbocycles. The third kappa shape index (κ3) is 3.12. The fourth-order valence-corrected chi connectivity index (χ4v) is 1.64. The SMILES string of the molecule is Clc1cccc(COc2ccnc(Cl)c2)c1. The fourth-order valence-electron chi connectivity index (χ4n) is 1.27. The number of rotatable bonds is 3. The summed E-state index contributed by atoms with van der Waals surface area (Å²) >= 11 is 11.6. The quantitative estimate of drug-likeness (QED) is 0.773. The maximum Gasteiger partial charge on any atom is 0.132 e. The highest BCUT2D eigenvalue weighted by atomic mass is 35.5. The Morgan fingerprint density at radius 2 is 2.00 bits per heavy atom. The van der Waals surface area contributed by atoms with Crippen LogP contribution in [0.1, 0.15) is 5.56 Å². The Balaban J connectivity index is 2.02. The summed E-state index contributed by atoms with van der Waals surface area (Å²) in [6.07, 6.45) is 1.61. The van der Waals surface area contributed by atoms with E-state index in [4.69, 9.17) is 27.9 Å². The molecule has 0 unspecified atom stereocenters. The molecule has 0 N–H and O–H groups in total. The molecule has 4 heteroatoms. The van der Waals surface area contributed by atoms with Gasteiger partial charge in [-0.15, -0.1) is 0 Å². The van der Waals surface area contributed by atoms with Gasteiger partial charge in [0.15, 0.2) is 0 Å². The molecule has 82 valence electrons. The monoisotopic (exact) mass is 253 g/mol. The summed E-state index contributed by atoms with van der Waals surface area (Å²) in [4.78, 5) is 3.87. The molecule has 0 aliphatic heterocycles. The van der Waals surface area contributed by atoms with Crippen molar-refractivity contribution in [2.24, 2.45) is 0 Å². The van der Waals surface area contributed by atoms with E-state index in [1.807, 2.05) is 24.3 Å². The van der Waals surface area contributed by atoms with Gasteiger partial charge in [-0.2, -0.15) is 0 Å². The van der Waals surface area contributed by atoms with Gasteiger partial charge < -0.3 is 4.74 Å². The molecule has 0 bridgehead atoms. The average Bonchev–Trinajstić information content (AvgIpc) is 2.27. The standard InChI is InChI=1S/C12H9Cl2NO/c13-10-3-1-2-9(6-10)8-16-11-4-5-15-12(14)7-11/h1-7H,8H2. The lowest BCUT2D eigenvalue weighted by atomic mass is 10.2. The number of pyridine rings is 1. The molecular weight excluding hydrogens is 245 g/mol. The summed E-state index contributed by atoms with van der Waals surface area (Å²) in [5.74, 6) is 0.694. The summed E-state index contributed by atoms with van der Waals surface area (Å²) in [6, 6.07) is 11.0. The van der Waals surface area contributed by atoms with Crippen LogP contribution >= 0.6 is 23.2 Å². The first kappa shape index (κ1) is 11.2. The first-order valence-electron chi connectivity index (χ1n) is 4.73. The van der Waals surface area contributed by atoms with E-state index in [0.29, 0.717) is 22.5 Å². The first-order valence-corrected chi connectivity index (χ1v) is 5.48. The number of ether oxygens (including phenoxy) is 1. The zero-order valence-corrected chi connectivity index (χ0v) is 9.87. The lowest BCUT2D eigenvalue weighted by molar-refractivity contribution is 0.306. The minimum atomic E-state index is 0.420. The molecule has 1 heterocycles. The van der Waals surface area contributed by atoms with E-state index in [2.05, 4.69) is 4.98 Å². The first-order chi connectivity index (χ1) is 7.74. The molecule has 0 radical (unpaired) electrons. The van der Waals surface area contributed by atoms with Crippen molar-refractivity contribution >= 4 is 23.2 Å². The van der Waals surface area contributed by atoms with Gasteiger partial charge in [-0.1, -0.05) is 35.3 Å². The van der Waals surface area contributed by atoms with Crippen molar-refractivity contribution in [3.05, 3.63) is 58.3 Å². The van der Waals surface area contributed by atoms with E-state index < -0.39 is 0 Å². The fraction of sp³-hybridized carbons (Fsp3) is 0.0833. The average molecular weight is 254 g/mol. The van der Waals surface area contributed by atoms with Crippen LogP contribution in [0.25, 0.3) is 0 Å². The van der Waals surface area contributed by atoms with Gasteiger partial charge in [0.05, 0.1) is 0 Å². The van der Waals surface area contributed by atoms with E-state index in [1.54, 1.807) is 18.3 Å². The molecule has 1 aromatic carbocycles. The third-order valence-electron chi connectivity index (χ3n) is 1.99. The second kappa shape index (κ2) is 5.19. The van der Waals surface area contributed by atoms with Crippen molar-refractivity contribution < 1.29 is 4.74 Å². The maximum absolute atomic E-state index is 5.87. The Labute approximate surface area is 104 Å². The maximum atomic E-state index is 5.87. The minimum absolute atomic E-state index is 0.420. The van der Waals surface area contributed by atoms with Crippen molar-refractivity contribution in [2.45, 2.75) is 6.61 Å². The Morgan fingerprint density at radius 1 is 1.12 bits per heavy atom. The highest BCUT2D eigenvalue weighted by Gasteiger charge is 1.98. The number of benzene rings is 1. The van der Waals surface area contributed by atoms with Gasteiger partial charge in [0.2, 0.25) is 0 Å². The zero-order valence-electron chi connectivity index (χ0n) is 8.36. The lowest BCUT2D eigenvalue weighted by Crippen LogP contribution is -1.95. The van der Waals surface area contributed by atoms with Crippen molar-refractivity contribution in [1.29, 1.82) is 0 Å². The van der Waals surface area contributed by atoms with Gasteiger partial charge >= 0.3 is 0 Å². The summed E-state index contributed by atoms with van der Waals surface area (Å²) < 4.78 is 5.54. The molecule has 2 nitrogen and oxygen atoms in total. The number of hydrogen-bond donors (Lipinski definition) is 0. The van der Waals surface area contributed by atoms with Gasteiger partial charge in [-0.3, -0.25) is 0 Å². The van der Waals surface area contributed by atoms with Crippen LogP contribution < -0.4 is 4.74 Å². The summed E-state index contributed by atoms with van der Waals surface area (Å²) in [5.41, 5.74) is 1.01. The molecule has 16 heavy (non-hydrogen) atoms.